The van der Waals surface area contributed by atoms with E-state index >= 15 is 0 Å². The molecule has 0 aliphatic heterocycles. The first-order chi connectivity index (χ1) is 20.4. The molecule has 12 nitrogen and oxygen atoms in total. The highest BCUT2D eigenvalue weighted by Gasteiger charge is 2.12. The molecule has 0 bridgehead atoms. The van der Waals surface area contributed by atoms with E-state index in [0.717, 1.165) is 105 Å². The summed E-state index contributed by atoms with van der Waals surface area (Å²) in [7, 11) is -2.04. The third kappa shape index (κ3) is 31.4. The van der Waals surface area contributed by atoms with E-state index in [-0.39, 0.29) is 8.15 Å². The maximum Gasteiger partial charge on any atom is 0.217 e. The van der Waals surface area contributed by atoms with Crippen LogP contribution < -0.4 is 39.3 Å². The van der Waals surface area contributed by atoms with Crippen molar-refractivity contribution < 1.29 is 8.76 Å². The van der Waals surface area contributed by atoms with Crippen LogP contribution in [0.5, 0.6) is 0 Å². The van der Waals surface area contributed by atoms with Gasteiger partial charge >= 0.3 is 0 Å². The Balaban J connectivity index is 0. The van der Waals surface area contributed by atoms with Gasteiger partial charge in [0.05, 0.1) is 0 Å². The van der Waals surface area contributed by atoms with E-state index < -0.39 is 7.92 Å². The number of hydrogen-bond acceptors (Lipinski definition) is 12. The molecule has 0 saturated heterocycles. The van der Waals surface area contributed by atoms with Crippen LogP contribution in [-0.2, 0) is 4.57 Å². The van der Waals surface area contributed by atoms with E-state index in [9.17, 15) is 8.76 Å². The van der Waals surface area contributed by atoms with Crippen LogP contribution in [0.25, 0.3) is 0 Å². The van der Waals surface area contributed by atoms with Crippen LogP contribution in [0.3, 0.4) is 0 Å². The first-order valence-electron chi connectivity index (χ1n) is 16.0. The summed E-state index contributed by atoms with van der Waals surface area (Å²) in [5.74, 6) is 0. The Labute approximate surface area is 260 Å². The standard InChI is InChI=1S/C26H65N11.CH3FOP2/c1-2-3-4-5-15-34(23-25-36(18-9-30)19-10-31)24-26-37(21-12-32-11-6-27)22-14-33-13-20-35(16-7-28)17-8-29;1-5(2)4-3/h32-33H,2-31H2,1H3;1H3. The van der Waals surface area contributed by atoms with Crippen molar-refractivity contribution in [3.05, 3.63) is 0 Å². The zero-order valence-corrected chi connectivity index (χ0v) is 28.8. The second-order valence-corrected chi connectivity index (χ2v) is 13.6. The summed E-state index contributed by atoms with van der Waals surface area (Å²) in [5, 5.41) is 7.07. The number of unbranched alkanes of at least 4 members (excludes halogenated alkanes) is 3. The minimum absolute atomic E-state index is 0.355. The summed E-state index contributed by atoms with van der Waals surface area (Å²) >= 11 is 0. The number of hydrogen-bond donors (Lipinski definition) is 7. The number of nitrogens with two attached hydrogens (primary N) is 5. The van der Waals surface area contributed by atoms with E-state index in [0.29, 0.717) is 32.7 Å². The second-order valence-electron chi connectivity index (χ2n) is 10.4. The largest absolute Gasteiger partial charge is 0.329 e. The van der Waals surface area contributed by atoms with E-state index in [4.69, 9.17) is 28.7 Å². The zero-order valence-electron chi connectivity index (χ0n) is 27.0. The Kier molecular flexibility index (Phi) is 37.3. The Hall–Kier alpha value is 0.0200. The lowest BCUT2D eigenvalue weighted by molar-refractivity contribution is 0.175. The van der Waals surface area contributed by atoms with Crippen molar-refractivity contribution in [1.82, 2.24) is 30.2 Å². The summed E-state index contributed by atoms with van der Waals surface area (Å²) in [6.07, 6.45) is 5.17. The molecule has 0 saturated carbocycles. The lowest BCUT2D eigenvalue weighted by Gasteiger charge is -2.30. The third-order valence-electron chi connectivity index (χ3n) is 6.82. The molecule has 0 aromatic carbocycles. The van der Waals surface area contributed by atoms with Crippen LogP contribution in [-0.4, -0.2) is 164 Å². The quantitative estimate of drug-likeness (QED) is 0.0395. The van der Waals surface area contributed by atoms with Crippen LogP contribution in [0.4, 0.5) is 4.20 Å². The van der Waals surface area contributed by atoms with Gasteiger partial charge in [0, 0.05) is 131 Å². The Morgan fingerprint density at radius 3 is 1.26 bits per heavy atom. The van der Waals surface area contributed by atoms with Crippen molar-refractivity contribution >= 4 is 16.1 Å². The molecule has 0 aromatic rings. The topological polar surface area (TPSA) is 184 Å². The fourth-order valence-corrected chi connectivity index (χ4v) is 4.46. The van der Waals surface area contributed by atoms with Gasteiger partial charge in [0.15, 0.2) is 7.92 Å². The summed E-state index contributed by atoms with van der Waals surface area (Å²) in [5.41, 5.74) is 28.8. The Morgan fingerprint density at radius 1 is 0.548 bits per heavy atom. The summed E-state index contributed by atoms with van der Waals surface area (Å²) in [4.78, 5) is 9.94. The van der Waals surface area contributed by atoms with Gasteiger partial charge < -0.3 is 44.2 Å². The molecule has 0 aromatic heterocycles. The molecular weight excluding hydrogens is 575 g/mol. The maximum absolute atomic E-state index is 11.2. The first-order valence-corrected chi connectivity index (χ1v) is 19.2. The fraction of sp³-hybridized carbons (Fsp3) is 1.00. The minimum atomic E-state index is -1.68. The SMILES string of the molecule is CCCCCCN(CCN(CCN)CCN)CCN(CCNCCN)CCNCCN(CCN)CCN.CP(F)P=O. The number of rotatable bonds is 31. The molecular formula is C27H68FN11OP2. The van der Waals surface area contributed by atoms with Crippen molar-refractivity contribution in [3.63, 3.8) is 0 Å². The van der Waals surface area contributed by atoms with E-state index in [1.165, 1.54) is 32.3 Å². The molecule has 0 rings (SSSR count). The van der Waals surface area contributed by atoms with E-state index in [1.54, 1.807) is 0 Å². The monoisotopic (exact) mass is 644 g/mol. The Bertz CT molecular complexity index is 536. The van der Waals surface area contributed by atoms with Crippen molar-refractivity contribution in [2.45, 2.75) is 32.6 Å². The Morgan fingerprint density at radius 2 is 0.905 bits per heavy atom. The highest BCUT2D eigenvalue weighted by molar-refractivity contribution is 8.13. The molecule has 1 unspecified atom stereocenters. The second kappa shape index (κ2) is 35.5. The van der Waals surface area contributed by atoms with Crippen LogP contribution in [0.15, 0.2) is 0 Å². The molecule has 0 radical (unpaired) electrons. The summed E-state index contributed by atoms with van der Waals surface area (Å²) in [6.45, 7) is 22.8. The molecule has 0 fully saturated rings. The molecule has 254 valence electrons. The number of halogens is 1. The van der Waals surface area contributed by atoms with Crippen LogP contribution >= 0.6 is 16.1 Å². The van der Waals surface area contributed by atoms with Crippen molar-refractivity contribution in [3.8, 4) is 0 Å². The fourth-order valence-electron chi connectivity index (χ4n) is 4.46. The normalized spacial score (nSPS) is 12.6. The molecule has 15 heteroatoms. The minimum Gasteiger partial charge on any atom is -0.329 e. The lowest BCUT2D eigenvalue weighted by Crippen LogP contribution is -2.45. The van der Waals surface area contributed by atoms with Gasteiger partial charge in [0.2, 0.25) is 8.15 Å². The average Bonchev–Trinajstić information content (AvgIpc) is 2.98. The van der Waals surface area contributed by atoms with Crippen molar-refractivity contribution in [1.29, 1.82) is 0 Å². The molecule has 0 heterocycles. The van der Waals surface area contributed by atoms with Gasteiger partial charge in [-0.25, -0.2) is 4.20 Å². The highest BCUT2D eigenvalue weighted by Crippen LogP contribution is 2.45. The van der Waals surface area contributed by atoms with Crippen LogP contribution in [0.1, 0.15) is 32.6 Å². The van der Waals surface area contributed by atoms with Gasteiger partial charge in [-0.1, -0.05) is 26.2 Å². The van der Waals surface area contributed by atoms with Crippen LogP contribution in [0.2, 0.25) is 0 Å². The third-order valence-corrected chi connectivity index (χ3v) is 7.72. The average molecular weight is 644 g/mol. The predicted molar refractivity (Wildman–Crippen MR) is 182 cm³/mol. The van der Waals surface area contributed by atoms with Crippen LogP contribution in [0, 0.1) is 0 Å². The van der Waals surface area contributed by atoms with Gasteiger partial charge in [-0.15, -0.1) is 0 Å². The number of nitrogens with zero attached hydrogens (tertiary/aromatic N) is 4. The molecule has 1 atom stereocenters. The first kappa shape index (κ1) is 44.1. The molecule has 0 aliphatic carbocycles. The van der Waals surface area contributed by atoms with E-state index in [1.807, 2.05) is 0 Å². The van der Waals surface area contributed by atoms with Crippen molar-refractivity contribution in [2.75, 3.05) is 144 Å². The molecule has 0 aliphatic rings. The van der Waals surface area contributed by atoms with Gasteiger partial charge in [-0.05, 0) is 19.6 Å². The smallest absolute Gasteiger partial charge is 0.217 e. The van der Waals surface area contributed by atoms with Gasteiger partial charge in [-0.2, -0.15) is 0 Å². The summed E-state index contributed by atoms with van der Waals surface area (Å²) < 4.78 is 20.4. The lowest BCUT2D eigenvalue weighted by atomic mass is 10.2. The number of nitrogens with one attached hydrogen (secondary N) is 2. The molecule has 0 amide bonds. The molecule has 12 N–H and O–H groups in total. The maximum atomic E-state index is 11.2. The molecule has 42 heavy (non-hydrogen) atoms. The van der Waals surface area contributed by atoms with E-state index in [2.05, 4.69) is 37.2 Å². The summed E-state index contributed by atoms with van der Waals surface area (Å²) in [6, 6.07) is 0. The van der Waals surface area contributed by atoms with Gasteiger partial charge in [0.1, 0.15) is 0 Å². The molecule has 0 spiro atoms. The van der Waals surface area contributed by atoms with Gasteiger partial charge in [-0.3, -0.25) is 19.3 Å². The zero-order chi connectivity index (χ0) is 31.7. The predicted octanol–water partition coefficient (Wildman–Crippen LogP) is -0.0633. The van der Waals surface area contributed by atoms with Crippen molar-refractivity contribution in [2.24, 2.45) is 28.7 Å². The highest BCUT2D eigenvalue weighted by atomic mass is 32.1. The van der Waals surface area contributed by atoms with Gasteiger partial charge in [0.25, 0.3) is 0 Å².